The Morgan fingerprint density at radius 1 is 0.420 bits per heavy atom. The summed E-state index contributed by atoms with van der Waals surface area (Å²) in [6.07, 6.45) is 61.2. The topological polar surface area (TPSA) is 175 Å². The number of aliphatic hydroxyl groups is 2. The second-order valence-corrected chi connectivity index (χ2v) is 22.0. The minimum Gasteiger partial charge on any atom is -0.479 e. The van der Waals surface area contributed by atoms with Crippen LogP contribution in [0.3, 0.4) is 0 Å². The molecule has 1 fully saturated rings. The molecule has 1 saturated heterocycles. The van der Waals surface area contributed by atoms with Gasteiger partial charge in [0.1, 0.15) is 18.8 Å². The number of hydrogen-bond donors (Lipinski definition) is 3. The van der Waals surface area contributed by atoms with Gasteiger partial charge >= 0.3 is 23.9 Å². The van der Waals surface area contributed by atoms with E-state index in [0.29, 0.717) is 25.7 Å². The third-order valence-electron chi connectivity index (χ3n) is 14.5. The molecular weight excluding hydrogens is 1020 g/mol. The van der Waals surface area contributed by atoms with Gasteiger partial charge < -0.3 is 39.0 Å². The summed E-state index contributed by atoms with van der Waals surface area (Å²) >= 11 is 0. The summed E-state index contributed by atoms with van der Waals surface area (Å²) in [5.74, 6) is -3.21. The molecule has 0 aromatic carbocycles. The second-order valence-electron chi connectivity index (χ2n) is 22.0. The minimum atomic E-state index is -1.91. The fourth-order valence-corrected chi connectivity index (χ4v) is 9.49. The first-order chi connectivity index (χ1) is 39.6. The normalized spacial score (nSPS) is 18.3. The van der Waals surface area contributed by atoms with Gasteiger partial charge in [0.2, 0.25) is 0 Å². The van der Waals surface area contributed by atoms with Crippen LogP contribution in [0.4, 0.5) is 0 Å². The standard InChI is InChI=1S/C69H116O12/c1-4-7-10-13-16-19-22-25-28-30-31-33-36-39-42-45-48-51-54-57-63(72)80-67-65(74)64(73)66(68(75)76)81-69(67)78-59-60(79-62(71)56-53-50-47-44-41-38-34-27-24-21-18-15-12-9-6-3)58-77-61(70)55-52-49-46-43-40-37-35-32-29-26-23-20-17-14-11-8-5-2/h8,11,17-18,20-21,26-27,29,34-35,37,43,46,60,64-67,69,73-74H,4-7,9-10,12-16,19,22-25,28,30-33,36,38-42,44-45,47-59H2,1-3H3,(H,75,76)/b11-8-,20-17-,21-18-,29-26-,34-27-,37-35-,46-43-. The first-order valence-corrected chi connectivity index (χ1v) is 32.6. The molecule has 1 aliphatic rings. The number of carbonyl (C=O) groups is 4. The number of hydrogen-bond acceptors (Lipinski definition) is 11. The Balaban J connectivity index is 2.69. The maximum atomic E-state index is 13.2. The average Bonchev–Trinajstić information content (AvgIpc) is 3.53. The molecule has 3 N–H and O–H groups in total. The first-order valence-electron chi connectivity index (χ1n) is 32.6. The smallest absolute Gasteiger partial charge is 0.335 e. The number of esters is 3. The molecule has 0 radical (unpaired) electrons. The molecule has 0 amide bonds. The highest BCUT2D eigenvalue weighted by atomic mass is 16.7. The number of aliphatic carboxylic acids is 1. The second kappa shape index (κ2) is 56.4. The van der Waals surface area contributed by atoms with Gasteiger partial charge in [-0.2, -0.15) is 0 Å². The zero-order valence-corrected chi connectivity index (χ0v) is 51.3. The molecular formula is C69H116O12. The first kappa shape index (κ1) is 74.9. The van der Waals surface area contributed by atoms with Crippen molar-refractivity contribution >= 4 is 23.9 Å². The Hall–Kier alpha value is -4.10. The van der Waals surface area contributed by atoms with Gasteiger partial charge in [-0.3, -0.25) is 14.4 Å². The molecule has 0 bridgehead atoms. The minimum absolute atomic E-state index is 0.0543. The molecule has 0 aromatic rings. The van der Waals surface area contributed by atoms with Crippen LogP contribution < -0.4 is 0 Å². The highest BCUT2D eigenvalue weighted by Crippen LogP contribution is 2.27. The molecule has 6 atom stereocenters. The van der Waals surface area contributed by atoms with Crippen molar-refractivity contribution in [3.8, 4) is 0 Å². The molecule has 81 heavy (non-hydrogen) atoms. The zero-order valence-electron chi connectivity index (χ0n) is 51.3. The Bertz CT molecular complexity index is 1730. The van der Waals surface area contributed by atoms with Crippen LogP contribution in [0.15, 0.2) is 85.1 Å². The van der Waals surface area contributed by atoms with E-state index < -0.39 is 67.3 Å². The van der Waals surface area contributed by atoms with E-state index in [4.69, 9.17) is 23.7 Å². The van der Waals surface area contributed by atoms with E-state index in [1.165, 1.54) is 109 Å². The van der Waals surface area contributed by atoms with Gasteiger partial charge in [-0.15, -0.1) is 0 Å². The van der Waals surface area contributed by atoms with Crippen LogP contribution in [0.5, 0.6) is 0 Å². The molecule has 0 spiro atoms. The van der Waals surface area contributed by atoms with Gasteiger partial charge in [-0.25, -0.2) is 4.79 Å². The van der Waals surface area contributed by atoms with Gasteiger partial charge in [-0.05, 0) is 89.9 Å². The fourth-order valence-electron chi connectivity index (χ4n) is 9.49. The lowest BCUT2D eigenvalue weighted by Gasteiger charge is -2.40. The number of aliphatic hydroxyl groups excluding tert-OH is 2. The number of carbonyl (C=O) groups excluding carboxylic acids is 3. The van der Waals surface area contributed by atoms with Crippen molar-refractivity contribution in [1.82, 2.24) is 0 Å². The van der Waals surface area contributed by atoms with Crippen molar-refractivity contribution < 1.29 is 58.2 Å². The molecule has 12 heteroatoms. The number of unbranched alkanes of at least 4 members (excludes halogenated alkanes) is 27. The van der Waals surface area contributed by atoms with Gasteiger partial charge in [0, 0.05) is 19.3 Å². The van der Waals surface area contributed by atoms with Crippen LogP contribution in [0.2, 0.25) is 0 Å². The van der Waals surface area contributed by atoms with Crippen LogP contribution in [0, 0.1) is 0 Å². The average molecular weight is 1140 g/mol. The lowest BCUT2D eigenvalue weighted by Crippen LogP contribution is -2.61. The molecule has 1 rings (SSSR count). The van der Waals surface area contributed by atoms with E-state index in [1.54, 1.807) is 0 Å². The molecule has 0 aromatic heterocycles. The number of allylic oxidation sites excluding steroid dienone is 14. The summed E-state index contributed by atoms with van der Waals surface area (Å²) in [5.41, 5.74) is 0. The van der Waals surface area contributed by atoms with Crippen molar-refractivity contribution in [2.75, 3.05) is 13.2 Å². The molecule has 1 heterocycles. The number of carboxylic acids is 1. The summed E-state index contributed by atoms with van der Waals surface area (Å²) in [6, 6.07) is 0. The Labute approximate surface area is 492 Å². The summed E-state index contributed by atoms with van der Waals surface area (Å²) in [6.45, 7) is 5.82. The van der Waals surface area contributed by atoms with E-state index in [1.807, 2.05) is 6.08 Å². The Morgan fingerprint density at radius 3 is 1.25 bits per heavy atom. The predicted octanol–water partition coefficient (Wildman–Crippen LogP) is 17.5. The lowest BCUT2D eigenvalue weighted by molar-refractivity contribution is -0.301. The van der Waals surface area contributed by atoms with Gasteiger partial charge in [0.25, 0.3) is 0 Å². The summed E-state index contributed by atoms with van der Waals surface area (Å²) in [7, 11) is 0. The van der Waals surface area contributed by atoms with E-state index in [9.17, 15) is 34.5 Å². The Morgan fingerprint density at radius 2 is 0.790 bits per heavy atom. The van der Waals surface area contributed by atoms with Gasteiger partial charge in [-0.1, -0.05) is 254 Å². The molecule has 12 nitrogen and oxygen atoms in total. The van der Waals surface area contributed by atoms with Crippen molar-refractivity contribution in [2.24, 2.45) is 0 Å². The maximum Gasteiger partial charge on any atom is 0.335 e. The predicted molar refractivity (Wildman–Crippen MR) is 331 cm³/mol. The summed E-state index contributed by atoms with van der Waals surface area (Å²) in [5, 5.41) is 31.6. The monoisotopic (exact) mass is 1140 g/mol. The third kappa shape index (κ3) is 46.0. The van der Waals surface area contributed by atoms with Crippen LogP contribution >= 0.6 is 0 Å². The SMILES string of the molecule is CC/C=C\C/C=C\C/C=C\C/C=C\C/C=C\CCCC(=O)OCC(COC1OC(C(=O)O)C(O)C(O)C1OC(=O)CCCCCCCCCCCCCCCCCCCCC)OC(=O)CCCCCCC/C=C\C/C=C\CCCCC. The van der Waals surface area contributed by atoms with E-state index in [-0.39, 0.29) is 25.9 Å². The number of carboxylic acid groups (broad SMARTS) is 1. The van der Waals surface area contributed by atoms with Crippen LogP contribution in [-0.4, -0.2) is 89.2 Å². The highest BCUT2D eigenvalue weighted by molar-refractivity contribution is 5.74. The fraction of sp³-hybridized carbons (Fsp3) is 0.739. The Kier molecular flexibility index (Phi) is 52.1. The van der Waals surface area contributed by atoms with Crippen molar-refractivity contribution in [3.05, 3.63) is 85.1 Å². The molecule has 1 aliphatic heterocycles. The van der Waals surface area contributed by atoms with E-state index >= 15 is 0 Å². The van der Waals surface area contributed by atoms with Gasteiger partial charge in [0.15, 0.2) is 24.6 Å². The van der Waals surface area contributed by atoms with Crippen LogP contribution in [0.1, 0.15) is 278 Å². The summed E-state index contributed by atoms with van der Waals surface area (Å²) in [4.78, 5) is 51.3. The lowest BCUT2D eigenvalue weighted by atomic mass is 9.98. The number of rotatable bonds is 55. The molecule has 6 unspecified atom stereocenters. The van der Waals surface area contributed by atoms with Crippen molar-refractivity contribution in [2.45, 2.75) is 314 Å². The third-order valence-corrected chi connectivity index (χ3v) is 14.5. The van der Waals surface area contributed by atoms with E-state index in [0.717, 1.165) is 103 Å². The van der Waals surface area contributed by atoms with E-state index in [2.05, 4.69) is 99.8 Å². The summed E-state index contributed by atoms with van der Waals surface area (Å²) < 4.78 is 28.5. The van der Waals surface area contributed by atoms with Crippen LogP contribution in [-0.2, 0) is 42.9 Å². The van der Waals surface area contributed by atoms with Crippen LogP contribution in [0.25, 0.3) is 0 Å². The molecule has 0 aliphatic carbocycles. The molecule has 0 saturated carbocycles. The molecule has 464 valence electrons. The quantitative estimate of drug-likeness (QED) is 0.0228. The van der Waals surface area contributed by atoms with Crippen molar-refractivity contribution in [1.29, 1.82) is 0 Å². The van der Waals surface area contributed by atoms with Crippen molar-refractivity contribution in [3.63, 3.8) is 0 Å². The largest absolute Gasteiger partial charge is 0.479 e. The van der Waals surface area contributed by atoms with Gasteiger partial charge in [0.05, 0.1) is 6.61 Å². The number of ether oxygens (including phenoxy) is 5. The zero-order chi connectivity index (χ0) is 58.9. The highest BCUT2D eigenvalue weighted by Gasteiger charge is 2.50. The maximum absolute atomic E-state index is 13.2.